The number of methoxy groups -OCH3 is 1. The van der Waals surface area contributed by atoms with E-state index in [4.69, 9.17) is 9.72 Å². The van der Waals surface area contributed by atoms with Gasteiger partial charge in [-0.1, -0.05) is 41.7 Å². The highest BCUT2D eigenvalue weighted by molar-refractivity contribution is 7.18. The predicted molar refractivity (Wildman–Crippen MR) is 132 cm³/mol. The highest BCUT2D eigenvalue weighted by atomic mass is 32.1. The number of hydrogen-bond acceptors (Lipinski definition) is 8. The Morgan fingerprint density at radius 1 is 1.06 bits per heavy atom. The average molecular weight is 460 g/mol. The fraction of sp³-hybridized carbons (Fsp3) is 0.200. The van der Waals surface area contributed by atoms with Crippen molar-refractivity contribution in [1.82, 2.24) is 15.0 Å². The zero-order valence-corrected chi connectivity index (χ0v) is 19.6. The molecule has 0 spiro atoms. The van der Waals surface area contributed by atoms with Crippen molar-refractivity contribution in [3.8, 4) is 10.6 Å². The van der Waals surface area contributed by atoms with Crippen molar-refractivity contribution in [1.29, 1.82) is 0 Å². The van der Waals surface area contributed by atoms with Gasteiger partial charge in [-0.2, -0.15) is 0 Å². The molecule has 4 aromatic rings. The molecule has 0 amide bonds. The molecule has 3 heterocycles. The van der Waals surface area contributed by atoms with Gasteiger partial charge in [-0.25, -0.2) is 15.0 Å². The van der Waals surface area contributed by atoms with Crippen LogP contribution in [0.3, 0.4) is 0 Å². The van der Waals surface area contributed by atoms with E-state index in [9.17, 15) is 4.79 Å². The lowest BCUT2D eigenvalue weighted by atomic mass is 10.1. The molecule has 0 unspecified atom stereocenters. The Morgan fingerprint density at radius 3 is 2.61 bits per heavy atom. The van der Waals surface area contributed by atoms with E-state index in [-0.39, 0.29) is 12.4 Å². The molecule has 8 heteroatoms. The smallest absolute Gasteiger partial charge is 0.309 e. The van der Waals surface area contributed by atoms with Crippen molar-refractivity contribution in [3.05, 3.63) is 83.7 Å². The lowest BCUT2D eigenvalue weighted by molar-refractivity contribution is -0.139. The standard InChI is InChI=1S/C25H25N5O2S/c1-17-11-12-26-23(13-17)29-22-6-4-5-20(28-22)21-15-27-25(33-21)30(2)16-19-9-7-18(8-10-19)14-24(31)32-3/h4-13,15H,14,16H2,1-3H3,(H,26,28,29). The molecule has 0 fully saturated rings. The molecular weight excluding hydrogens is 434 g/mol. The Kier molecular flexibility index (Phi) is 6.95. The molecule has 0 aliphatic heterocycles. The first-order valence-corrected chi connectivity index (χ1v) is 11.3. The number of thiazole rings is 1. The minimum atomic E-state index is -0.238. The van der Waals surface area contributed by atoms with E-state index in [0.717, 1.165) is 44.0 Å². The van der Waals surface area contributed by atoms with E-state index >= 15 is 0 Å². The largest absolute Gasteiger partial charge is 0.469 e. The number of hydrogen-bond donors (Lipinski definition) is 1. The van der Waals surface area contributed by atoms with Crippen molar-refractivity contribution in [3.63, 3.8) is 0 Å². The molecule has 168 valence electrons. The average Bonchev–Trinajstić information content (AvgIpc) is 3.31. The maximum absolute atomic E-state index is 11.4. The highest BCUT2D eigenvalue weighted by Gasteiger charge is 2.11. The van der Waals surface area contributed by atoms with Gasteiger partial charge in [0.05, 0.1) is 24.1 Å². The third-order valence-corrected chi connectivity index (χ3v) is 6.15. The van der Waals surface area contributed by atoms with Gasteiger partial charge in [-0.3, -0.25) is 4.79 Å². The highest BCUT2D eigenvalue weighted by Crippen LogP contribution is 2.31. The summed E-state index contributed by atoms with van der Waals surface area (Å²) in [6, 6.07) is 17.8. The van der Waals surface area contributed by atoms with Crippen LogP contribution in [0.2, 0.25) is 0 Å². The third-order valence-electron chi connectivity index (χ3n) is 5.01. The molecule has 1 aromatic carbocycles. The van der Waals surface area contributed by atoms with Crippen molar-refractivity contribution in [2.24, 2.45) is 0 Å². The summed E-state index contributed by atoms with van der Waals surface area (Å²) in [7, 11) is 3.41. The molecule has 0 saturated carbocycles. The molecule has 33 heavy (non-hydrogen) atoms. The molecule has 0 atom stereocenters. The summed E-state index contributed by atoms with van der Waals surface area (Å²) in [4.78, 5) is 28.2. The monoisotopic (exact) mass is 459 g/mol. The van der Waals surface area contributed by atoms with Gasteiger partial charge in [0, 0.05) is 26.0 Å². The van der Waals surface area contributed by atoms with Gasteiger partial charge in [0.2, 0.25) is 0 Å². The molecule has 7 nitrogen and oxygen atoms in total. The second-order valence-electron chi connectivity index (χ2n) is 7.68. The summed E-state index contributed by atoms with van der Waals surface area (Å²) >= 11 is 1.59. The summed E-state index contributed by atoms with van der Waals surface area (Å²) in [6.45, 7) is 2.74. The number of carbonyl (C=O) groups excluding carboxylic acids is 1. The third kappa shape index (κ3) is 5.93. The van der Waals surface area contributed by atoms with Crippen LogP contribution in [0.5, 0.6) is 0 Å². The van der Waals surface area contributed by atoms with Crippen molar-refractivity contribution in [2.45, 2.75) is 19.9 Å². The van der Waals surface area contributed by atoms with E-state index in [1.807, 2.05) is 74.8 Å². The van der Waals surface area contributed by atoms with Gasteiger partial charge >= 0.3 is 5.97 Å². The maximum atomic E-state index is 11.4. The van der Waals surface area contributed by atoms with Gasteiger partial charge < -0.3 is 15.0 Å². The quantitative estimate of drug-likeness (QED) is 0.371. The Hall–Kier alpha value is -3.78. The normalized spacial score (nSPS) is 10.6. The first-order chi connectivity index (χ1) is 16.0. The zero-order valence-electron chi connectivity index (χ0n) is 18.8. The van der Waals surface area contributed by atoms with E-state index in [2.05, 4.69) is 20.2 Å². The van der Waals surface area contributed by atoms with Crippen molar-refractivity contribution < 1.29 is 9.53 Å². The van der Waals surface area contributed by atoms with Gasteiger partial charge in [0.1, 0.15) is 11.6 Å². The molecule has 1 N–H and O–H groups in total. The second-order valence-corrected chi connectivity index (χ2v) is 8.69. The minimum absolute atomic E-state index is 0.238. The number of aromatic nitrogens is 3. The number of ether oxygens (including phenoxy) is 1. The van der Waals surface area contributed by atoms with Crippen LogP contribution in [-0.2, 0) is 22.5 Å². The number of rotatable bonds is 8. The van der Waals surface area contributed by atoms with E-state index in [1.165, 1.54) is 7.11 Å². The van der Waals surface area contributed by atoms with Crippen LogP contribution in [0, 0.1) is 6.92 Å². The van der Waals surface area contributed by atoms with Crippen molar-refractivity contribution in [2.75, 3.05) is 24.4 Å². The van der Waals surface area contributed by atoms with Crippen LogP contribution >= 0.6 is 11.3 Å². The van der Waals surface area contributed by atoms with Crippen LogP contribution in [0.1, 0.15) is 16.7 Å². The maximum Gasteiger partial charge on any atom is 0.309 e. The first kappa shape index (κ1) is 22.4. The second kappa shape index (κ2) is 10.2. The Morgan fingerprint density at radius 2 is 1.85 bits per heavy atom. The number of carbonyl (C=O) groups is 1. The molecule has 0 radical (unpaired) electrons. The fourth-order valence-electron chi connectivity index (χ4n) is 3.28. The molecule has 0 aliphatic rings. The lowest BCUT2D eigenvalue weighted by Gasteiger charge is -2.16. The molecule has 0 aliphatic carbocycles. The first-order valence-electron chi connectivity index (χ1n) is 10.5. The van der Waals surface area contributed by atoms with E-state index in [0.29, 0.717) is 6.54 Å². The summed E-state index contributed by atoms with van der Waals surface area (Å²) in [5.41, 5.74) is 4.07. The zero-order chi connectivity index (χ0) is 23.2. The van der Waals surface area contributed by atoms with Gasteiger partial charge in [-0.05, 0) is 47.9 Å². The summed E-state index contributed by atoms with van der Waals surface area (Å²) < 4.78 is 4.72. The number of benzene rings is 1. The lowest BCUT2D eigenvalue weighted by Crippen LogP contribution is -2.16. The summed E-state index contributed by atoms with van der Waals surface area (Å²) in [5.74, 6) is 1.26. The van der Waals surface area contributed by atoms with Gasteiger partial charge in [-0.15, -0.1) is 0 Å². The Labute approximate surface area is 197 Å². The fourth-order valence-corrected chi connectivity index (χ4v) is 4.13. The molecule has 3 aromatic heterocycles. The number of nitrogens with one attached hydrogen (secondary N) is 1. The van der Waals surface area contributed by atoms with Crippen molar-refractivity contribution >= 4 is 34.1 Å². The molecule has 0 bridgehead atoms. The van der Waals surface area contributed by atoms with Crippen LogP contribution in [0.4, 0.5) is 16.8 Å². The SMILES string of the molecule is COC(=O)Cc1ccc(CN(C)c2ncc(-c3cccc(Nc4cc(C)ccn4)n3)s2)cc1. The minimum Gasteiger partial charge on any atom is -0.469 e. The van der Waals surface area contributed by atoms with E-state index in [1.54, 1.807) is 17.5 Å². The van der Waals surface area contributed by atoms with Crippen LogP contribution in [0.25, 0.3) is 10.6 Å². The number of anilines is 3. The number of pyridine rings is 2. The predicted octanol–water partition coefficient (Wildman–Crippen LogP) is 5.00. The summed E-state index contributed by atoms with van der Waals surface area (Å²) in [5, 5.41) is 4.17. The molecule has 4 rings (SSSR count). The van der Waals surface area contributed by atoms with Crippen LogP contribution in [-0.4, -0.2) is 35.1 Å². The summed E-state index contributed by atoms with van der Waals surface area (Å²) in [6.07, 6.45) is 3.91. The van der Waals surface area contributed by atoms with Crippen LogP contribution in [0.15, 0.2) is 67.0 Å². The molecular formula is C25H25N5O2S. The number of esters is 1. The number of aryl methyl sites for hydroxylation is 1. The Bertz CT molecular complexity index is 1240. The Balaban J connectivity index is 1.42. The van der Waals surface area contributed by atoms with Crippen LogP contribution < -0.4 is 10.2 Å². The van der Waals surface area contributed by atoms with Gasteiger partial charge in [0.15, 0.2) is 5.13 Å². The van der Waals surface area contributed by atoms with E-state index < -0.39 is 0 Å². The number of nitrogens with zero attached hydrogens (tertiary/aromatic N) is 4. The molecule has 0 saturated heterocycles. The van der Waals surface area contributed by atoms with Gasteiger partial charge in [0.25, 0.3) is 0 Å². The topological polar surface area (TPSA) is 80.2 Å².